The Morgan fingerprint density at radius 1 is 1.21 bits per heavy atom. The first-order valence-corrected chi connectivity index (χ1v) is 7.80. The van der Waals surface area contributed by atoms with Crippen molar-refractivity contribution in [3.8, 4) is 11.5 Å². The summed E-state index contributed by atoms with van der Waals surface area (Å²) < 4.78 is 12.2. The van der Waals surface area contributed by atoms with Crippen molar-refractivity contribution in [3.05, 3.63) is 39.0 Å². The number of benzene rings is 1. The van der Waals surface area contributed by atoms with Gasteiger partial charge < -0.3 is 14.8 Å². The van der Waals surface area contributed by atoms with Gasteiger partial charge in [0.2, 0.25) is 0 Å². The average molecular weight is 340 g/mol. The molecule has 5 heteroatoms. The number of fused-ring (bicyclic) bond motifs is 1. The quantitative estimate of drug-likeness (QED) is 0.895. The van der Waals surface area contributed by atoms with Crippen LogP contribution in [-0.2, 0) is 0 Å². The highest BCUT2D eigenvalue weighted by molar-refractivity contribution is 9.10. The molecule has 3 nitrogen and oxygen atoms in total. The van der Waals surface area contributed by atoms with Gasteiger partial charge in [-0.3, -0.25) is 0 Å². The predicted octanol–water partition coefficient (Wildman–Crippen LogP) is 4.45. The van der Waals surface area contributed by atoms with Gasteiger partial charge in [-0.1, -0.05) is 0 Å². The van der Waals surface area contributed by atoms with E-state index < -0.39 is 0 Å². The number of rotatable bonds is 3. The minimum absolute atomic E-state index is 0.263. The summed E-state index contributed by atoms with van der Waals surface area (Å²) in [4.78, 5) is 1.29. The van der Waals surface area contributed by atoms with Crippen LogP contribution in [0.1, 0.15) is 17.8 Å². The molecule has 1 aliphatic heterocycles. The maximum absolute atomic E-state index is 5.59. The minimum Gasteiger partial charge on any atom is -0.486 e. The van der Waals surface area contributed by atoms with Crippen LogP contribution in [0, 0.1) is 0 Å². The van der Waals surface area contributed by atoms with Crippen LogP contribution in [-0.4, -0.2) is 13.2 Å². The van der Waals surface area contributed by atoms with Gasteiger partial charge in [-0.15, -0.1) is 11.3 Å². The van der Waals surface area contributed by atoms with E-state index in [4.69, 9.17) is 9.47 Å². The van der Waals surface area contributed by atoms with Crippen LogP contribution in [0.25, 0.3) is 0 Å². The highest BCUT2D eigenvalue weighted by atomic mass is 79.9. The number of hydrogen-bond acceptors (Lipinski definition) is 4. The molecule has 2 aromatic rings. The molecule has 3 rings (SSSR count). The predicted molar refractivity (Wildman–Crippen MR) is 81.5 cm³/mol. The van der Waals surface area contributed by atoms with Crippen LogP contribution in [0.2, 0.25) is 0 Å². The first kappa shape index (κ1) is 12.8. The van der Waals surface area contributed by atoms with Crippen molar-refractivity contribution in [2.75, 3.05) is 18.5 Å². The summed E-state index contributed by atoms with van der Waals surface area (Å²) in [6.07, 6.45) is 0. The summed E-state index contributed by atoms with van der Waals surface area (Å²) in [7, 11) is 0. The normalized spacial score (nSPS) is 15.1. The molecule has 19 heavy (non-hydrogen) atoms. The van der Waals surface area contributed by atoms with Gasteiger partial charge in [0.15, 0.2) is 11.5 Å². The lowest BCUT2D eigenvalue weighted by atomic mass is 10.2. The Hall–Kier alpha value is -1.20. The molecule has 1 aromatic carbocycles. The molecular formula is C14H14BrNO2S. The van der Waals surface area contributed by atoms with Crippen LogP contribution in [0.15, 0.2) is 34.1 Å². The Bertz CT molecular complexity index is 585. The molecule has 2 heterocycles. The molecule has 1 aliphatic rings. The molecule has 0 spiro atoms. The summed E-state index contributed by atoms with van der Waals surface area (Å²) in [5.41, 5.74) is 1.04. The third-order valence-corrected chi connectivity index (χ3v) is 4.82. The van der Waals surface area contributed by atoms with Gasteiger partial charge in [0.25, 0.3) is 0 Å². The maximum Gasteiger partial charge on any atom is 0.163 e. The first-order valence-electron chi connectivity index (χ1n) is 6.12. The highest BCUT2D eigenvalue weighted by Gasteiger charge is 2.13. The number of halogens is 1. The molecule has 0 bridgehead atoms. The second kappa shape index (κ2) is 5.43. The minimum atomic E-state index is 0.263. The lowest BCUT2D eigenvalue weighted by Gasteiger charge is -2.20. The van der Waals surface area contributed by atoms with Crippen LogP contribution < -0.4 is 14.8 Å². The molecule has 1 unspecified atom stereocenters. The van der Waals surface area contributed by atoms with Gasteiger partial charge in [-0.25, -0.2) is 0 Å². The van der Waals surface area contributed by atoms with Gasteiger partial charge in [0.1, 0.15) is 13.2 Å². The monoisotopic (exact) mass is 339 g/mol. The second-order valence-electron chi connectivity index (χ2n) is 4.39. The Kier molecular flexibility index (Phi) is 3.66. The van der Waals surface area contributed by atoms with Gasteiger partial charge in [0.05, 0.1) is 6.04 Å². The van der Waals surface area contributed by atoms with Crippen molar-refractivity contribution in [2.45, 2.75) is 13.0 Å². The number of nitrogens with one attached hydrogen (secondary N) is 1. The van der Waals surface area contributed by atoms with Crippen molar-refractivity contribution in [1.82, 2.24) is 0 Å². The van der Waals surface area contributed by atoms with Crippen molar-refractivity contribution < 1.29 is 9.47 Å². The first-order chi connectivity index (χ1) is 9.22. The SMILES string of the molecule is CC(Nc1ccc2c(c1)OCCO2)c1cc(Br)cs1. The largest absolute Gasteiger partial charge is 0.486 e. The number of hydrogen-bond donors (Lipinski definition) is 1. The van der Waals surface area contributed by atoms with E-state index in [1.165, 1.54) is 4.88 Å². The second-order valence-corrected chi connectivity index (χ2v) is 6.25. The molecule has 1 aromatic heterocycles. The zero-order valence-corrected chi connectivity index (χ0v) is 12.9. The molecule has 0 fully saturated rings. The molecule has 0 saturated carbocycles. The van der Waals surface area contributed by atoms with E-state index in [0.29, 0.717) is 13.2 Å². The van der Waals surface area contributed by atoms with E-state index >= 15 is 0 Å². The Balaban J connectivity index is 1.76. The van der Waals surface area contributed by atoms with Gasteiger partial charge in [-0.05, 0) is 41.1 Å². The van der Waals surface area contributed by atoms with Crippen molar-refractivity contribution >= 4 is 33.0 Å². The van der Waals surface area contributed by atoms with Crippen LogP contribution in [0.5, 0.6) is 11.5 Å². The summed E-state index contributed by atoms with van der Waals surface area (Å²) in [5, 5.41) is 5.57. The zero-order valence-electron chi connectivity index (χ0n) is 10.5. The molecule has 0 aliphatic carbocycles. The number of ether oxygens (including phenoxy) is 2. The summed E-state index contributed by atoms with van der Waals surface area (Å²) in [6.45, 7) is 3.39. The van der Waals surface area contributed by atoms with Crippen LogP contribution >= 0.6 is 27.3 Å². The number of anilines is 1. The summed E-state index contributed by atoms with van der Waals surface area (Å²) >= 11 is 5.22. The van der Waals surface area contributed by atoms with Crippen LogP contribution in [0.3, 0.4) is 0 Å². The highest BCUT2D eigenvalue weighted by Crippen LogP contribution is 2.34. The summed E-state index contributed by atoms with van der Waals surface area (Å²) in [6, 6.07) is 8.37. The van der Waals surface area contributed by atoms with Crippen molar-refractivity contribution in [2.24, 2.45) is 0 Å². The van der Waals surface area contributed by atoms with E-state index in [1.807, 2.05) is 18.2 Å². The van der Waals surface area contributed by atoms with E-state index in [-0.39, 0.29) is 6.04 Å². The number of thiophene rings is 1. The maximum atomic E-state index is 5.59. The molecule has 1 N–H and O–H groups in total. The van der Waals surface area contributed by atoms with E-state index in [1.54, 1.807) is 11.3 Å². The van der Waals surface area contributed by atoms with E-state index in [9.17, 15) is 0 Å². The molecule has 0 radical (unpaired) electrons. The van der Waals surface area contributed by atoms with E-state index in [2.05, 4.69) is 39.6 Å². The van der Waals surface area contributed by atoms with E-state index in [0.717, 1.165) is 21.7 Å². The zero-order chi connectivity index (χ0) is 13.2. The fourth-order valence-corrected chi connectivity index (χ4v) is 3.46. The summed E-state index contributed by atoms with van der Waals surface area (Å²) in [5.74, 6) is 1.64. The van der Waals surface area contributed by atoms with Gasteiger partial charge >= 0.3 is 0 Å². The lowest BCUT2D eigenvalue weighted by molar-refractivity contribution is 0.171. The molecule has 100 valence electrons. The van der Waals surface area contributed by atoms with Gasteiger partial charge in [0, 0.05) is 26.5 Å². The molecule has 1 atom stereocenters. The third kappa shape index (κ3) is 2.87. The van der Waals surface area contributed by atoms with Crippen LogP contribution in [0.4, 0.5) is 5.69 Å². The average Bonchev–Trinajstić information content (AvgIpc) is 2.85. The lowest BCUT2D eigenvalue weighted by Crippen LogP contribution is -2.15. The fraction of sp³-hybridized carbons (Fsp3) is 0.286. The molecule has 0 saturated heterocycles. The standard InChI is InChI=1S/C14H14BrNO2S/c1-9(14-6-10(15)8-19-14)16-11-2-3-12-13(7-11)18-5-4-17-12/h2-3,6-9,16H,4-5H2,1H3. The topological polar surface area (TPSA) is 30.5 Å². The van der Waals surface area contributed by atoms with Crippen molar-refractivity contribution in [3.63, 3.8) is 0 Å². The molecule has 0 amide bonds. The third-order valence-electron chi connectivity index (χ3n) is 2.94. The Labute approximate surface area is 124 Å². The smallest absolute Gasteiger partial charge is 0.163 e. The van der Waals surface area contributed by atoms with Gasteiger partial charge in [-0.2, -0.15) is 0 Å². The van der Waals surface area contributed by atoms with Crippen molar-refractivity contribution in [1.29, 1.82) is 0 Å². The molecular weight excluding hydrogens is 326 g/mol. The Morgan fingerprint density at radius 2 is 2.00 bits per heavy atom. The fourth-order valence-electron chi connectivity index (χ4n) is 2.01. The Morgan fingerprint density at radius 3 is 2.74 bits per heavy atom.